The number of halogens is 3. The third-order valence-corrected chi connectivity index (χ3v) is 2.16. The number of nitrogens with zero attached hydrogens (tertiary/aromatic N) is 1. The van der Waals surface area contributed by atoms with Crippen LogP contribution in [0.3, 0.4) is 0 Å². The third-order valence-electron chi connectivity index (χ3n) is 2.16. The van der Waals surface area contributed by atoms with Gasteiger partial charge in [0.1, 0.15) is 11.5 Å². The van der Waals surface area contributed by atoms with Crippen molar-refractivity contribution < 1.29 is 23.1 Å². The van der Waals surface area contributed by atoms with Gasteiger partial charge in [0.15, 0.2) is 0 Å². The minimum atomic E-state index is -4.46. The van der Waals surface area contributed by atoms with Gasteiger partial charge in [-0.3, -0.25) is 4.79 Å². The van der Waals surface area contributed by atoms with Crippen molar-refractivity contribution in [3.63, 3.8) is 0 Å². The van der Waals surface area contributed by atoms with Gasteiger partial charge in [0, 0.05) is 13.0 Å². The largest absolute Gasteiger partial charge is 0.481 e. The van der Waals surface area contributed by atoms with Crippen molar-refractivity contribution in [2.45, 2.75) is 25.4 Å². The van der Waals surface area contributed by atoms with Crippen LogP contribution >= 0.6 is 0 Å². The lowest BCUT2D eigenvalue weighted by Crippen LogP contribution is -2.11. The summed E-state index contributed by atoms with van der Waals surface area (Å²) in [4.78, 5) is 13.7. The van der Waals surface area contributed by atoms with Crippen molar-refractivity contribution in [1.29, 1.82) is 0 Å². The topological polar surface area (TPSA) is 62.2 Å². The number of aliphatic carboxylic acids is 1. The maximum Gasteiger partial charge on any atom is 0.433 e. The standard InChI is InChI=1S/C11H13F3N2O2/c12-11(13,14)8-4-3-5-9(16-8)15-7-2-1-6-10(17)18/h3-5H,1-2,6-7H2,(H,15,16)(H,17,18). The van der Waals surface area contributed by atoms with Gasteiger partial charge >= 0.3 is 12.1 Å². The Bertz CT molecular complexity index is 408. The molecule has 0 saturated carbocycles. The Kier molecular flexibility index (Phi) is 4.94. The number of alkyl halides is 3. The number of carbonyl (C=O) groups is 1. The normalized spacial score (nSPS) is 11.3. The predicted octanol–water partition coefficient (Wildman–Crippen LogP) is 2.77. The molecule has 0 radical (unpaired) electrons. The zero-order valence-electron chi connectivity index (χ0n) is 9.50. The monoisotopic (exact) mass is 262 g/mol. The van der Waals surface area contributed by atoms with Crippen LogP contribution in [-0.2, 0) is 11.0 Å². The molecule has 0 aliphatic heterocycles. The highest BCUT2D eigenvalue weighted by molar-refractivity contribution is 5.66. The van der Waals surface area contributed by atoms with Gasteiger partial charge in [-0.1, -0.05) is 6.07 Å². The first-order valence-corrected chi connectivity index (χ1v) is 5.39. The Morgan fingerprint density at radius 3 is 2.67 bits per heavy atom. The lowest BCUT2D eigenvalue weighted by atomic mass is 10.2. The molecule has 0 aliphatic rings. The molecule has 0 bridgehead atoms. The quantitative estimate of drug-likeness (QED) is 0.774. The van der Waals surface area contributed by atoms with Crippen LogP contribution in [0.4, 0.5) is 19.0 Å². The fraction of sp³-hybridized carbons (Fsp3) is 0.455. The fourth-order valence-electron chi connectivity index (χ4n) is 1.31. The minimum absolute atomic E-state index is 0.0533. The highest BCUT2D eigenvalue weighted by Crippen LogP contribution is 2.28. The van der Waals surface area contributed by atoms with Crippen molar-refractivity contribution in [3.05, 3.63) is 23.9 Å². The molecule has 100 valence electrons. The Morgan fingerprint density at radius 2 is 2.06 bits per heavy atom. The zero-order valence-corrected chi connectivity index (χ0v) is 9.50. The molecule has 0 aliphatic carbocycles. The van der Waals surface area contributed by atoms with Gasteiger partial charge < -0.3 is 10.4 Å². The number of hydrogen-bond donors (Lipinski definition) is 2. The van der Waals surface area contributed by atoms with Crippen molar-refractivity contribution in [2.75, 3.05) is 11.9 Å². The molecule has 1 heterocycles. The number of hydrogen-bond acceptors (Lipinski definition) is 3. The number of nitrogens with one attached hydrogen (secondary N) is 1. The smallest absolute Gasteiger partial charge is 0.433 e. The Morgan fingerprint density at radius 1 is 1.33 bits per heavy atom. The molecule has 1 aromatic rings. The first-order valence-electron chi connectivity index (χ1n) is 5.39. The summed E-state index contributed by atoms with van der Waals surface area (Å²) in [5, 5.41) is 11.1. The second-order valence-electron chi connectivity index (χ2n) is 3.68. The molecule has 0 unspecified atom stereocenters. The number of carboxylic acids is 1. The molecular formula is C11H13F3N2O2. The number of carboxylic acid groups (broad SMARTS) is 1. The average molecular weight is 262 g/mol. The molecule has 0 amide bonds. The van der Waals surface area contributed by atoms with Gasteiger partial charge in [-0.15, -0.1) is 0 Å². The maximum atomic E-state index is 12.3. The molecule has 7 heteroatoms. The van der Waals surface area contributed by atoms with E-state index in [1.54, 1.807) is 0 Å². The molecule has 4 nitrogen and oxygen atoms in total. The first kappa shape index (κ1) is 14.3. The summed E-state index contributed by atoms with van der Waals surface area (Å²) in [6.07, 6.45) is -3.37. The van der Waals surface area contributed by atoms with E-state index in [0.29, 0.717) is 19.4 Å². The van der Waals surface area contributed by atoms with Gasteiger partial charge in [-0.25, -0.2) is 4.98 Å². The lowest BCUT2D eigenvalue weighted by Gasteiger charge is -2.09. The number of pyridine rings is 1. The summed E-state index contributed by atoms with van der Waals surface area (Å²) < 4.78 is 37.0. The average Bonchev–Trinajstić information content (AvgIpc) is 2.27. The van der Waals surface area contributed by atoms with Crippen LogP contribution in [0.1, 0.15) is 25.0 Å². The van der Waals surface area contributed by atoms with E-state index in [9.17, 15) is 18.0 Å². The van der Waals surface area contributed by atoms with Crippen molar-refractivity contribution in [3.8, 4) is 0 Å². The lowest BCUT2D eigenvalue weighted by molar-refractivity contribution is -0.141. The Balaban J connectivity index is 2.41. The van der Waals surface area contributed by atoms with Gasteiger partial charge in [0.2, 0.25) is 0 Å². The number of aromatic nitrogens is 1. The highest BCUT2D eigenvalue weighted by atomic mass is 19.4. The summed E-state index contributed by atoms with van der Waals surface area (Å²) >= 11 is 0. The molecule has 18 heavy (non-hydrogen) atoms. The van der Waals surface area contributed by atoms with Crippen molar-refractivity contribution >= 4 is 11.8 Å². The Labute approximate surface area is 102 Å². The van der Waals surface area contributed by atoms with Crippen LogP contribution in [0.25, 0.3) is 0 Å². The number of unbranched alkanes of at least 4 members (excludes halogenated alkanes) is 1. The maximum absolute atomic E-state index is 12.3. The summed E-state index contributed by atoms with van der Waals surface area (Å²) in [6.45, 7) is 0.390. The van der Waals surface area contributed by atoms with Gasteiger partial charge in [0.05, 0.1) is 0 Å². The van der Waals surface area contributed by atoms with Gasteiger partial charge in [-0.2, -0.15) is 13.2 Å². The van der Waals surface area contributed by atoms with E-state index in [4.69, 9.17) is 5.11 Å². The fourth-order valence-corrected chi connectivity index (χ4v) is 1.31. The van der Waals surface area contributed by atoms with Gasteiger partial charge in [0.25, 0.3) is 0 Å². The molecular weight excluding hydrogens is 249 g/mol. The molecule has 1 rings (SSSR count). The SMILES string of the molecule is O=C(O)CCCCNc1cccc(C(F)(F)F)n1. The van der Waals surface area contributed by atoms with Crippen molar-refractivity contribution in [2.24, 2.45) is 0 Å². The summed E-state index contributed by atoms with van der Waals surface area (Å²) in [7, 11) is 0. The summed E-state index contributed by atoms with van der Waals surface area (Å²) in [5.41, 5.74) is -0.946. The summed E-state index contributed by atoms with van der Waals surface area (Å²) in [6, 6.07) is 3.61. The van der Waals surface area contributed by atoms with Gasteiger partial charge in [-0.05, 0) is 25.0 Å². The van der Waals surface area contributed by atoms with Crippen LogP contribution in [-0.4, -0.2) is 22.6 Å². The van der Waals surface area contributed by atoms with Crippen LogP contribution < -0.4 is 5.32 Å². The second kappa shape index (κ2) is 6.23. The highest BCUT2D eigenvalue weighted by Gasteiger charge is 2.32. The third kappa shape index (κ3) is 5.03. The van der Waals surface area contributed by atoms with E-state index in [2.05, 4.69) is 10.3 Å². The van der Waals surface area contributed by atoms with E-state index in [-0.39, 0.29) is 12.2 Å². The van der Waals surface area contributed by atoms with Crippen LogP contribution in [0.5, 0.6) is 0 Å². The number of anilines is 1. The molecule has 1 aromatic heterocycles. The minimum Gasteiger partial charge on any atom is -0.481 e. The predicted molar refractivity (Wildman–Crippen MR) is 59.2 cm³/mol. The second-order valence-corrected chi connectivity index (χ2v) is 3.68. The van der Waals surface area contributed by atoms with E-state index in [0.717, 1.165) is 6.07 Å². The molecule has 0 spiro atoms. The van der Waals surface area contributed by atoms with E-state index >= 15 is 0 Å². The Hall–Kier alpha value is -1.79. The molecule has 0 saturated heterocycles. The molecule has 2 N–H and O–H groups in total. The molecule has 0 atom stereocenters. The first-order chi connectivity index (χ1) is 8.39. The van der Waals surface area contributed by atoms with Crippen LogP contribution in [0.15, 0.2) is 18.2 Å². The number of rotatable bonds is 6. The van der Waals surface area contributed by atoms with E-state index < -0.39 is 17.8 Å². The van der Waals surface area contributed by atoms with E-state index in [1.165, 1.54) is 12.1 Å². The van der Waals surface area contributed by atoms with E-state index in [1.807, 2.05) is 0 Å². The summed E-state index contributed by atoms with van der Waals surface area (Å²) in [5.74, 6) is -0.743. The zero-order chi connectivity index (χ0) is 13.6. The van der Waals surface area contributed by atoms with Crippen molar-refractivity contribution in [1.82, 2.24) is 4.98 Å². The molecule has 0 aromatic carbocycles. The van der Waals surface area contributed by atoms with Crippen LogP contribution in [0, 0.1) is 0 Å². The van der Waals surface area contributed by atoms with Crippen LogP contribution in [0.2, 0.25) is 0 Å². The molecule has 0 fully saturated rings.